The molecule has 0 bridgehead atoms. The van der Waals surface area contributed by atoms with Crippen LogP contribution >= 0.6 is 0 Å². The van der Waals surface area contributed by atoms with Gasteiger partial charge in [0.15, 0.2) is 11.5 Å². The predicted octanol–water partition coefficient (Wildman–Crippen LogP) is 3.20. The van der Waals surface area contributed by atoms with Crippen LogP contribution in [-0.4, -0.2) is 26.1 Å². The van der Waals surface area contributed by atoms with Gasteiger partial charge in [-0.25, -0.2) is 8.42 Å². The molecular formula is C19H19NO4S. The summed E-state index contributed by atoms with van der Waals surface area (Å²) in [6, 6.07) is 10.3. The van der Waals surface area contributed by atoms with E-state index in [9.17, 15) is 8.42 Å². The van der Waals surface area contributed by atoms with E-state index in [1.54, 1.807) is 18.2 Å². The lowest BCUT2D eigenvalue weighted by molar-refractivity contribution is 0.174. The third kappa shape index (κ3) is 2.62. The topological polar surface area (TPSA) is 55.8 Å². The highest BCUT2D eigenvalue weighted by atomic mass is 32.2. The Balaban J connectivity index is 1.77. The number of hydrogen-bond acceptors (Lipinski definition) is 4. The molecule has 4 rings (SSSR count). The van der Waals surface area contributed by atoms with Gasteiger partial charge in [-0.2, -0.15) is 4.31 Å². The lowest BCUT2D eigenvalue weighted by atomic mass is 9.93. The van der Waals surface area contributed by atoms with Gasteiger partial charge in [-0.3, -0.25) is 0 Å². The number of hydrogen-bond donors (Lipinski definition) is 0. The Morgan fingerprint density at radius 1 is 1.16 bits per heavy atom. The van der Waals surface area contributed by atoms with Crippen LogP contribution in [-0.2, 0) is 16.4 Å². The van der Waals surface area contributed by atoms with E-state index in [0.29, 0.717) is 23.6 Å². The van der Waals surface area contributed by atoms with Crippen LogP contribution in [0, 0.1) is 6.92 Å². The Morgan fingerprint density at radius 2 is 1.84 bits per heavy atom. The maximum absolute atomic E-state index is 13.1. The Labute approximate surface area is 147 Å². The largest absolute Gasteiger partial charge is 0.454 e. The van der Waals surface area contributed by atoms with E-state index in [2.05, 4.69) is 6.58 Å². The van der Waals surface area contributed by atoms with E-state index >= 15 is 0 Å². The molecule has 0 aliphatic carbocycles. The number of fused-ring (bicyclic) bond motifs is 2. The summed E-state index contributed by atoms with van der Waals surface area (Å²) in [6.45, 7) is 6.40. The molecule has 0 amide bonds. The summed E-state index contributed by atoms with van der Waals surface area (Å²) in [6.07, 6.45) is 2.30. The summed E-state index contributed by atoms with van der Waals surface area (Å²) in [4.78, 5) is 0.300. The maximum atomic E-state index is 13.1. The molecule has 0 aromatic heterocycles. The number of nitrogens with zero attached hydrogens (tertiary/aromatic N) is 1. The van der Waals surface area contributed by atoms with Crippen molar-refractivity contribution in [3.8, 4) is 11.5 Å². The number of aryl methyl sites for hydroxylation is 1. The first-order valence-electron chi connectivity index (χ1n) is 8.14. The molecule has 1 unspecified atom stereocenters. The Bertz CT molecular complexity index is 935. The first-order chi connectivity index (χ1) is 12.0. The molecule has 0 spiro atoms. The normalized spacial score (nSPS) is 19.5. The molecule has 0 N–H and O–H groups in total. The highest BCUT2D eigenvalue weighted by Crippen LogP contribution is 2.42. The zero-order valence-corrected chi connectivity index (χ0v) is 14.8. The molecule has 2 aliphatic rings. The van der Waals surface area contributed by atoms with Crippen LogP contribution in [0.25, 0.3) is 0 Å². The summed E-state index contributed by atoms with van der Waals surface area (Å²) in [5.41, 5.74) is 3.00. The summed E-state index contributed by atoms with van der Waals surface area (Å²) in [5, 5.41) is 0. The predicted molar refractivity (Wildman–Crippen MR) is 94.3 cm³/mol. The SMILES string of the molecule is C=CC1c2cc3c(cc2CCN1S(=O)(=O)c1ccc(C)cc1)OCO3. The van der Waals surface area contributed by atoms with E-state index in [4.69, 9.17) is 9.47 Å². The van der Waals surface area contributed by atoms with Crippen molar-refractivity contribution in [1.29, 1.82) is 0 Å². The van der Waals surface area contributed by atoms with E-state index < -0.39 is 16.1 Å². The monoisotopic (exact) mass is 357 g/mol. The molecule has 0 saturated heterocycles. The molecule has 0 radical (unpaired) electrons. The second kappa shape index (κ2) is 5.89. The highest BCUT2D eigenvalue weighted by molar-refractivity contribution is 7.89. The Kier molecular flexibility index (Phi) is 3.81. The van der Waals surface area contributed by atoms with Crippen LogP contribution in [0.3, 0.4) is 0 Å². The lowest BCUT2D eigenvalue weighted by Crippen LogP contribution is -2.39. The molecule has 6 heteroatoms. The number of ether oxygens (including phenoxy) is 2. The molecule has 2 aromatic carbocycles. The fourth-order valence-electron chi connectivity index (χ4n) is 3.38. The third-order valence-electron chi connectivity index (χ3n) is 4.72. The second-order valence-electron chi connectivity index (χ2n) is 6.26. The van der Waals surface area contributed by atoms with Gasteiger partial charge >= 0.3 is 0 Å². The minimum Gasteiger partial charge on any atom is -0.454 e. The van der Waals surface area contributed by atoms with E-state index in [1.807, 2.05) is 31.2 Å². The van der Waals surface area contributed by atoms with Gasteiger partial charge in [0.25, 0.3) is 0 Å². The summed E-state index contributed by atoms with van der Waals surface area (Å²) >= 11 is 0. The summed E-state index contributed by atoms with van der Waals surface area (Å²) in [7, 11) is -3.61. The van der Waals surface area contributed by atoms with Crippen molar-refractivity contribution in [2.75, 3.05) is 13.3 Å². The van der Waals surface area contributed by atoms with Crippen LogP contribution in [0.5, 0.6) is 11.5 Å². The first kappa shape index (κ1) is 16.2. The van der Waals surface area contributed by atoms with Crippen LogP contribution in [0.15, 0.2) is 53.9 Å². The van der Waals surface area contributed by atoms with Crippen LogP contribution in [0.4, 0.5) is 0 Å². The molecule has 2 heterocycles. The van der Waals surface area contributed by atoms with Gasteiger partial charge in [0.05, 0.1) is 10.9 Å². The number of benzene rings is 2. The van der Waals surface area contributed by atoms with Gasteiger partial charge < -0.3 is 9.47 Å². The van der Waals surface area contributed by atoms with Gasteiger partial charge in [0.2, 0.25) is 16.8 Å². The van der Waals surface area contributed by atoms with Gasteiger partial charge in [-0.15, -0.1) is 6.58 Å². The van der Waals surface area contributed by atoms with Crippen molar-refractivity contribution in [2.45, 2.75) is 24.3 Å². The van der Waals surface area contributed by atoms with Crippen molar-refractivity contribution >= 4 is 10.0 Å². The quantitative estimate of drug-likeness (QED) is 0.792. The minimum atomic E-state index is -3.61. The third-order valence-corrected chi connectivity index (χ3v) is 6.61. The number of rotatable bonds is 3. The summed E-state index contributed by atoms with van der Waals surface area (Å²) < 4.78 is 38.7. The maximum Gasteiger partial charge on any atom is 0.243 e. The van der Waals surface area contributed by atoms with Crippen LogP contribution in [0.2, 0.25) is 0 Å². The zero-order chi connectivity index (χ0) is 17.6. The van der Waals surface area contributed by atoms with Crippen molar-refractivity contribution in [1.82, 2.24) is 4.31 Å². The van der Waals surface area contributed by atoms with E-state index in [0.717, 1.165) is 22.4 Å². The number of sulfonamides is 1. The molecule has 0 saturated carbocycles. The second-order valence-corrected chi connectivity index (χ2v) is 8.15. The Morgan fingerprint density at radius 3 is 2.52 bits per heavy atom. The first-order valence-corrected chi connectivity index (χ1v) is 9.58. The fourth-order valence-corrected chi connectivity index (χ4v) is 4.96. The van der Waals surface area contributed by atoms with Gasteiger partial charge in [0.1, 0.15) is 0 Å². The molecule has 1 atom stereocenters. The van der Waals surface area contributed by atoms with Gasteiger partial charge in [-0.1, -0.05) is 23.8 Å². The van der Waals surface area contributed by atoms with E-state index in [1.165, 1.54) is 4.31 Å². The molecular weight excluding hydrogens is 338 g/mol. The zero-order valence-electron chi connectivity index (χ0n) is 13.9. The lowest BCUT2D eigenvalue weighted by Gasteiger charge is -2.34. The van der Waals surface area contributed by atoms with Crippen molar-refractivity contribution < 1.29 is 17.9 Å². The highest BCUT2D eigenvalue weighted by Gasteiger charge is 2.36. The molecule has 0 fully saturated rings. The minimum absolute atomic E-state index is 0.197. The average Bonchev–Trinajstić information content (AvgIpc) is 3.06. The van der Waals surface area contributed by atoms with Crippen molar-refractivity contribution in [3.63, 3.8) is 0 Å². The van der Waals surface area contributed by atoms with Gasteiger partial charge in [-0.05, 0) is 48.7 Å². The van der Waals surface area contributed by atoms with Crippen LogP contribution in [0.1, 0.15) is 22.7 Å². The fraction of sp³-hybridized carbons (Fsp3) is 0.263. The molecule has 2 aliphatic heterocycles. The molecule has 130 valence electrons. The van der Waals surface area contributed by atoms with Crippen LogP contribution < -0.4 is 9.47 Å². The Hall–Kier alpha value is -2.31. The van der Waals surface area contributed by atoms with E-state index in [-0.39, 0.29) is 6.79 Å². The standard InChI is InChI=1S/C19H19NO4S/c1-3-17-16-11-19-18(23-12-24-19)10-14(16)8-9-20(17)25(21,22)15-6-4-13(2)5-7-15/h3-7,10-11,17H,1,8-9,12H2,2H3. The van der Waals surface area contributed by atoms with Gasteiger partial charge in [0, 0.05) is 6.54 Å². The van der Waals surface area contributed by atoms with Crippen molar-refractivity contribution in [3.05, 3.63) is 65.7 Å². The molecule has 5 nitrogen and oxygen atoms in total. The smallest absolute Gasteiger partial charge is 0.243 e. The molecule has 25 heavy (non-hydrogen) atoms. The average molecular weight is 357 g/mol. The van der Waals surface area contributed by atoms with Crippen molar-refractivity contribution in [2.24, 2.45) is 0 Å². The molecule has 2 aromatic rings. The summed E-state index contributed by atoms with van der Waals surface area (Å²) in [5.74, 6) is 1.37.